The van der Waals surface area contributed by atoms with Crippen LogP contribution in [0.15, 0.2) is 29.6 Å². The van der Waals surface area contributed by atoms with Crippen molar-refractivity contribution >= 4 is 33.8 Å². The Bertz CT molecular complexity index is 549. The van der Waals surface area contributed by atoms with E-state index in [9.17, 15) is 4.21 Å². The third-order valence-electron chi connectivity index (χ3n) is 2.99. The van der Waals surface area contributed by atoms with Crippen molar-refractivity contribution in [2.24, 2.45) is 0 Å². The van der Waals surface area contributed by atoms with Crippen molar-refractivity contribution < 1.29 is 4.21 Å². The second-order valence-corrected chi connectivity index (χ2v) is 7.66. The molecule has 0 spiro atoms. The first-order chi connectivity index (χ1) is 8.74. The molecule has 1 aliphatic heterocycles. The van der Waals surface area contributed by atoms with Crippen LogP contribution in [0.1, 0.15) is 17.3 Å². The molecule has 3 rings (SSSR count). The Morgan fingerprint density at radius 2 is 2.28 bits per heavy atom. The summed E-state index contributed by atoms with van der Waals surface area (Å²) >= 11 is 2.50. The molecule has 1 saturated heterocycles. The number of hydrogen-bond acceptors (Lipinski definition) is 3. The predicted molar refractivity (Wildman–Crippen MR) is 78.9 cm³/mol. The van der Waals surface area contributed by atoms with Crippen LogP contribution < -0.4 is 4.72 Å². The summed E-state index contributed by atoms with van der Waals surface area (Å²) in [5, 5.41) is 2.09. The van der Waals surface area contributed by atoms with E-state index in [-0.39, 0.29) is 6.04 Å². The van der Waals surface area contributed by atoms with E-state index >= 15 is 0 Å². The van der Waals surface area contributed by atoms with Crippen LogP contribution in [0.4, 0.5) is 0 Å². The molecule has 0 aliphatic carbocycles. The van der Waals surface area contributed by atoms with Crippen molar-refractivity contribution in [1.82, 2.24) is 9.03 Å². The molecule has 0 bridgehead atoms. The van der Waals surface area contributed by atoms with Gasteiger partial charge >= 0.3 is 0 Å². The van der Waals surface area contributed by atoms with Crippen molar-refractivity contribution in [1.29, 1.82) is 0 Å². The molecule has 6 heteroatoms. The number of rotatable bonds is 2. The zero-order chi connectivity index (χ0) is 12.5. The van der Waals surface area contributed by atoms with Gasteiger partial charge in [0, 0.05) is 28.2 Å². The van der Waals surface area contributed by atoms with E-state index in [2.05, 4.69) is 34.4 Å². The molecule has 1 fully saturated rings. The van der Waals surface area contributed by atoms with Crippen molar-refractivity contribution in [3.8, 4) is 9.75 Å². The Kier molecular flexibility index (Phi) is 3.63. The summed E-state index contributed by atoms with van der Waals surface area (Å²) in [7, 11) is 1.88. The van der Waals surface area contributed by atoms with Gasteiger partial charge in [0.15, 0.2) is 11.2 Å². The summed E-state index contributed by atoms with van der Waals surface area (Å²) in [5.41, 5.74) is 0. The maximum absolute atomic E-state index is 11.7. The molecule has 2 atom stereocenters. The van der Waals surface area contributed by atoms with Crippen LogP contribution in [0.3, 0.4) is 0 Å². The zero-order valence-corrected chi connectivity index (χ0v) is 12.4. The first-order valence-corrected chi connectivity index (χ1v) is 8.57. The van der Waals surface area contributed by atoms with E-state index in [1.165, 1.54) is 14.6 Å². The molecule has 3 nitrogen and oxygen atoms in total. The Labute approximate surface area is 117 Å². The fourth-order valence-corrected chi connectivity index (χ4v) is 4.90. The van der Waals surface area contributed by atoms with Gasteiger partial charge in [-0.2, -0.15) is 0 Å². The van der Waals surface area contributed by atoms with Gasteiger partial charge in [0.25, 0.3) is 0 Å². The maximum Gasteiger partial charge on any atom is 0.170 e. The van der Waals surface area contributed by atoms with Gasteiger partial charge in [0.05, 0.1) is 6.04 Å². The molecule has 96 valence electrons. The molecule has 2 aromatic rings. The van der Waals surface area contributed by atoms with E-state index in [1.54, 1.807) is 22.7 Å². The van der Waals surface area contributed by atoms with Gasteiger partial charge in [0.2, 0.25) is 0 Å². The first-order valence-electron chi connectivity index (χ1n) is 5.77. The molecule has 2 aromatic heterocycles. The highest BCUT2D eigenvalue weighted by atomic mass is 32.2. The molecule has 0 aromatic carbocycles. The highest BCUT2D eigenvalue weighted by molar-refractivity contribution is 7.80. The SMILES string of the molecule is CN1CC[C@@H](c2ccc(-c3cccs3)s2)NS1=O. The Hall–Kier alpha value is -0.530. The van der Waals surface area contributed by atoms with Gasteiger partial charge in [-0.3, -0.25) is 0 Å². The summed E-state index contributed by atoms with van der Waals surface area (Å²) in [4.78, 5) is 3.88. The largest absolute Gasteiger partial charge is 0.225 e. The second kappa shape index (κ2) is 5.22. The molecule has 0 saturated carbocycles. The van der Waals surface area contributed by atoms with Crippen molar-refractivity contribution in [3.05, 3.63) is 34.5 Å². The zero-order valence-electron chi connectivity index (χ0n) is 9.96. The molecule has 18 heavy (non-hydrogen) atoms. The van der Waals surface area contributed by atoms with Crippen molar-refractivity contribution in [2.75, 3.05) is 13.6 Å². The number of nitrogens with zero attached hydrogens (tertiary/aromatic N) is 1. The van der Waals surface area contributed by atoms with Gasteiger partial charge in [-0.15, -0.1) is 22.7 Å². The molecule has 1 aliphatic rings. The summed E-state index contributed by atoms with van der Waals surface area (Å²) in [5.74, 6) is 0. The van der Waals surface area contributed by atoms with Crippen LogP contribution in [0, 0.1) is 0 Å². The molecular weight excluding hydrogens is 284 g/mol. The Morgan fingerprint density at radius 1 is 1.39 bits per heavy atom. The average molecular weight is 298 g/mol. The minimum Gasteiger partial charge on any atom is -0.225 e. The Morgan fingerprint density at radius 3 is 3.00 bits per heavy atom. The highest BCUT2D eigenvalue weighted by Gasteiger charge is 2.24. The van der Waals surface area contributed by atoms with Crippen molar-refractivity contribution in [3.63, 3.8) is 0 Å². The van der Waals surface area contributed by atoms with Crippen LogP contribution in [0.2, 0.25) is 0 Å². The van der Waals surface area contributed by atoms with Crippen LogP contribution in [0.25, 0.3) is 9.75 Å². The quantitative estimate of drug-likeness (QED) is 0.908. The van der Waals surface area contributed by atoms with E-state index in [4.69, 9.17) is 0 Å². The van der Waals surface area contributed by atoms with Gasteiger partial charge < -0.3 is 0 Å². The van der Waals surface area contributed by atoms with Crippen LogP contribution in [0.5, 0.6) is 0 Å². The van der Waals surface area contributed by atoms with Crippen molar-refractivity contribution in [2.45, 2.75) is 12.5 Å². The molecule has 0 radical (unpaired) electrons. The van der Waals surface area contributed by atoms with Gasteiger partial charge in [-0.05, 0) is 30.0 Å². The molecule has 1 unspecified atom stereocenters. The summed E-state index contributed by atoms with van der Waals surface area (Å²) in [6.45, 7) is 0.872. The first kappa shape index (κ1) is 12.5. The number of hydrogen-bond donors (Lipinski definition) is 1. The number of thiophene rings is 2. The van der Waals surface area contributed by atoms with E-state index in [0.29, 0.717) is 0 Å². The third-order valence-corrected chi connectivity index (χ3v) is 6.49. The topological polar surface area (TPSA) is 32.3 Å². The van der Waals surface area contributed by atoms with Crippen LogP contribution in [-0.2, 0) is 11.2 Å². The number of nitrogens with one attached hydrogen (secondary N) is 1. The third kappa shape index (κ3) is 2.44. The Balaban J connectivity index is 1.80. The van der Waals surface area contributed by atoms with Gasteiger partial charge in [-0.25, -0.2) is 13.2 Å². The smallest absolute Gasteiger partial charge is 0.170 e. The second-order valence-electron chi connectivity index (χ2n) is 4.24. The molecule has 3 heterocycles. The van der Waals surface area contributed by atoms with Crippen LogP contribution in [-0.4, -0.2) is 22.1 Å². The molecule has 0 amide bonds. The lowest BCUT2D eigenvalue weighted by Crippen LogP contribution is -2.41. The standard InChI is InChI=1S/C12H14N2OS3/c1-14-7-6-9(13-18(14)15)10-4-5-12(17-10)11-3-2-8-16-11/h2-5,8-9,13H,6-7H2,1H3/t9-,18?/m0/s1. The fourth-order valence-electron chi connectivity index (χ4n) is 1.96. The lowest BCUT2D eigenvalue weighted by Gasteiger charge is -2.28. The summed E-state index contributed by atoms with van der Waals surface area (Å²) < 4.78 is 16.7. The van der Waals surface area contributed by atoms with E-state index < -0.39 is 11.2 Å². The summed E-state index contributed by atoms with van der Waals surface area (Å²) in [6, 6.07) is 8.75. The van der Waals surface area contributed by atoms with Crippen LogP contribution >= 0.6 is 22.7 Å². The lowest BCUT2D eigenvalue weighted by molar-refractivity contribution is 0.421. The van der Waals surface area contributed by atoms with Gasteiger partial charge in [-0.1, -0.05) is 6.07 Å². The van der Waals surface area contributed by atoms with Gasteiger partial charge in [0.1, 0.15) is 0 Å². The maximum atomic E-state index is 11.7. The highest BCUT2D eigenvalue weighted by Crippen LogP contribution is 2.35. The average Bonchev–Trinajstić information content (AvgIpc) is 3.01. The summed E-state index contributed by atoms with van der Waals surface area (Å²) in [6.07, 6.45) is 1.01. The minimum atomic E-state index is -1.05. The van der Waals surface area contributed by atoms with E-state index in [1.807, 2.05) is 11.4 Å². The normalized spacial score (nSPS) is 25.4. The molecule has 1 N–H and O–H groups in total. The predicted octanol–water partition coefficient (Wildman–Crippen LogP) is 3.02. The molecular formula is C12H14N2OS3. The van der Waals surface area contributed by atoms with E-state index in [0.717, 1.165) is 13.0 Å². The minimum absolute atomic E-state index is 0.223. The monoisotopic (exact) mass is 298 g/mol. The lowest BCUT2D eigenvalue weighted by atomic mass is 10.2. The fraction of sp³-hybridized carbons (Fsp3) is 0.333.